The number of benzene rings is 1. The lowest BCUT2D eigenvalue weighted by molar-refractivity contribution is -0.142. The summed E-state index contributed by atoms with van der Waals surface area (Å²) in [6, 6.07) is 7.52. The van der Waals surface area contributed by atoms with E-state index in [-0.39, 0.29) is 5.91 Å². The molecule has 1 amide bonds. The minimum atomic E-state index is -0.616. The standard InChI is InChI=1S/C19H20FN5O3/c1-27-15-4-2-3-13(9-15)16-10-17(28-23-16)18(26)24-5-7-25(8-6-24)19-21-11-14(20)12-22-19/h2-4,9,11-12,17H,5-8,10H2,1H3. The second-order valence-electron chi connectivity index (χ2n) is 6.58. The number of methoxy groups -OCH3 is 1. The number of piperazine rings is 1. The fourth-order valence-electron chi connectivity index (χ4n) is 3.28. The molecule has 1 fully saturated rings. The van der Waals surface area contributed by atoms with Gasteiger partial charge in [0.25, 0.3) is 5.91 Å². The van der Waals surface area contributed by atoms with Crippen LogP contribution in [-0.2, 0) is 9.63 Å². The van der Waals surface area contributed by atoms with Gasteiger partial charge in [-0.3, -0.25) is 4.79 Å². The zero-order valence-electron chi connectivity index (χ0n) is 15.4. The van der Waals surface area contributed by atoms with E-state index >= 15 is 0 Å². The van der Waals surface area contributed by atoms with Gasteiger partial charge in [-0.15, -0.1) is 0 Å². The van der Waals surface area contributed by atoms with Gasteiger partial charge in [-0.25, -0.2) is 14.4 Å². The largest absolute Gasteiger partial charge is 0.497 e. The first kappa shape index (κ1) is 18.1. The molecule has 2 aliphatic rings. The third-order valence-corrected chi connectivity index (χ3v) is 4.83. The molecule has 2 aliphatic heterocycles. The van der Waals surface area contributed by atoms with Crippen molar-refractivity contribution < 1.29 is 18.8 Å². The van der Waals surface area contributed by atoms with Crippen LogP contribution in [0.1, 0.15) is 12.0 Å². The van der Waals surface area contributed by atoms with E-state index in [1.807, 2.05) is 29.2 Å². The number of rotatable bonds is 4. The van der Waals surface area contributed by atoms with Crippen molar-refractivity contribution in [2.75, 3.05) is 38.2 Å². The Bertz CT molecular complexity index is 881. The molecule has 0 saturated carbocycles. The monoisotopic (exact) mass is 385 g/mol. The molecular weight excluding hydrogens is 365 g/mol. The lowest BCUT2D eigenvalue weighted by atomic mass is 10.0. The summed E-state index contributed by atoms with van der Waals surface area (Å²) in [6.45, 7) is 2.20. The van der Waals surface area contributed by atoms with E-state index in [2.05, 4.69) is 15.1 Å². The molecule has 0 aliphatic carbocycles. The predicted molar refractivity (Wildman–Crippen MR) is 99.8 cm³/mol. The van der Waals surface area contributed by atoms with Crippen LogP contribution in [0.25, 0.3) is 0 Å². The zero-order chi connectivity index (χ0) is 19.5. The van der Waals surface area contributed by atoms with Crippen LogP contribution in [-0.4, -0.2) is 65.9 Å². The summed E-state index contributed by atoms with van der Waals surface area (Å²) < 4.78 is 18.2. The lowest BCUT2D eigenvalue weighted by Gasteiger charge is -2.35. The molecule has 28 heavy (non-hydrogen) atoms. The van der Waals surface area contributed by atoms with Crippen molar-refractivity contribution in [3.63, 3.8) is 0 Å². The molecule has 1 saturated heterocycles. The van der Waals surface area contributed by atoms with Crippen molar-refractivity contribution in [3.8, 4) is 5.75 Å². The van der Waals surface area contributed by atoms with Gasteiger partial charge >= 0.3 is 0 Å². The van der Waals surface area contributed by atoms with E-state index in [1.165, 1.54) is 0 Å². The van der Waals surface area contributed by atoms with E-state index < -0.39 is 11.9 Å². The van der Waals surface area contributed by atoms with Gasteiger partial charge in [0.15, 0.2) is 5.82 Å². The number of amides is 1. The molecule has 8 nitrogen and oxygen atoms in total. The first-order valence-corrected chi connectivity index (χ1v) is 9.02. The van der Waals surface area contributed by atoms with Crippen LogP contribution in [0, 0.1) is 5.82 Å². The van der Waals surface area contributed by atoms with Crippen LogP contribution in [0.5, 0.6) is 5.75 Å². The average Bonchev–Trinajstić information content (AvgIpc) is 3.24. The molecule has 1 atom stereocenters. The average molecular weight is 385 g/mol. The molecule has 0 N–H and O–H groups in total. The Hall–Kier alpha value is -3.23. The third kappa shape index (κ3) is 3.73. The highest BCUT2D eigenvalue weighted by Gasteiger charge is 2.34. The summed E-state index contributed by atoms with van der Waals surface area (Å²) in [6.07, 6.45) is 2.09. The quantitative estimate of drug-likeness (QED) is 0.793. The van der Waals surface area contributed by atoms with Gasteiger partial charge in [0, 0.05) is 38.2 Å². The SMILES string of the molecule is COc1cccc(C2=NOC(C(=O)N3CCN(c4ncc(F)cn4)CC3)C2)c1. The number of hydrogen-bond donors (Lipinski definition) is 0. The highest BCUT2D eigenvalue weighted by atomic mass is 19.1. The summed E-state index contributed by atoms with van der Waals surface area (Å²) in [5, 5.41) is 4.10. The molecule has 3 heterocycles. The Balaban J connectivity index is 1.33. The van der Waals surface area contributed by atoms with Crippen molar-refractivity contribution in [1.82, 2.24) is 14.9 Å². The third-order valence-electron chi connectivity index (χ3n) is 4.83. The Morgan fingerprint density at radius 1 is 1.21 bits per heavy atom. The van der Waals surface area contributed by atoms with Crippen molar-refractivity contribution in [1.29, 1.82) is 0 Å². The van der Waals surface area contributed by atoms with E-state index in [9.17, 15) is 9.18 Å². The molecule has 4 rings (SSSR count). The van der Waals surface area contributed by atoms with Gasteiger partial charge in [0.05, 0.1) is 25.2 Å². The molecule has 1 unspecified atom stereocenters. The Morgan fingerprint density at radius 3 is 2.68 bits per heavy atom. The zero-order valence-corrected chi connectivity index (χ0v) is 15.4. The number of oxime groups is 1. The van der Waals surface area contributed by atoms with Crippen molar-refractivity contribution in [2.24, 2.45) is 5.16 Å². The number of hydrogen-bond acceptors (Lipinski definition) is 7. The van der Waals surface area contributed by atoms with Crippen LogP contribution in [0.2, 0.25) is 0 Å². The van der Waals surface area contributed by atoms with E-state index in [1.54, 1.807) is 12.0 Å². The van der Waals surface area contributed by atoms with Crippen LogP contribution >= 0.6 is 0 Å². The summed E-state index contributed by atoms with van der Waals surface area (Å²) in [5.41, 5.74) is 1.61. The van der Waals surface area contributed by atoms with E-state index in [4.69, 9.17) is 9.57 Å². The molecule has 1 aromatic heterocycles. The molecule has 1 aromatic carbocycles. The van der Waals surface area contributed by atoms with Crippen LogP contribution in [0.15, 0.2) is 41.8 Å². The maximum atomic E-state index is 13.0. The molecule has 146 valence electrons. The predicted octanol–water partition coefficient (Wildman–Crippen LogP) is 1.47. The summed E-state index contributed by atoms with van der Waals surface area (Å²) >= 11 is 0. The highest BCUT2D eigenvalue weighted by Crippen LogP contribution is 2.22. The van der Waals surface area contributed by atoms with Crippen molar-refractivity contribution in [3.05, 3.63) is 48.0 Å². The molecule has 0 radical (unpaired) electrons. The van der Waals surface area contributed by atoms with Gasteiger partial charge in [0.2, 0.25) is 12.1 Å². The first-order valence-electron chi connectivity index (χ1n) is 9.02. The summed E-state index contributed by atoms with van der Waals surface area (Å²) in [4.78, 5) is 29.9. The number of nitrogens with zero attached hydrogens (tertiary/aromatic N) is 5. The number of aromatic nitrogens is 2. The number of halogens is 1. The van der Waals surface area contributed by atoms with Crippen LogP contribution in [0.3, 0.4) is 0 Å². The fourth-order valence-corrected chi connectivity index (χ4v) is 3.28. The molecule has 9 heteroatoms. The maximum absolute atomic E-state index is 13.0. The van der Waals surface area contributed by atoms with E-state index in [0.717, 1.165) is 29.4 Å². The van der Waals surface area contributed by atoms with Gasteiger partial charge in [-0.05, 0) is 12.1 Å². The van der Waals surface area contributed by atoms with Gasteiger partial charge in [0.1, 0.15) is 5.75 Å². The minimum Gasteiger partial charge on any atom is -0.497 e. The first-order chi connectivity index (χ1) is 13.6. The van der Waals surface area contributed by atoms with Gasteiger partial charge in [-0.2, -0.15) is 0 Å². The molecule has 0 bridgehead atoms. The maximum Gasteiger partial charge on any atom is 0.267 e. The van der Waals surface area contributed by atoms with Crippen LogP contribution < -0.4 is 9.64 Å². The van der Waals surface area contributed by atoms with Gasteiger partial charge < -0.3 is 19.4 Å². The minimum absolute atomic E-state index is 0.0821. The Labute approximate surface area is 161 Å². The van der Waals surface area contributed by atoms with Crippen molar-refractivity contribution in [2.45, 2.75) is 12.5 Å². The number of carbonyl (C=O) groups excluding carboxylic acids is 1. The highest BCUT2D eigenvalue weighted by molar-refractivity contribution is 6.04. The van der Waals surface area contributed by atoms with E-state index in [0.29, 0.717) is 38.5 Å². The fraction of sp³-hybridized carbons (Fsp3) is 0.368. The normalized spacial score (nSPS) is 19.2. The smallest absolute Gasteiger partial charge is 0.267 e. The lowest BCUT2D eigenvalue weighted by Crippen LogP contribution is -2.52. The van der Waals surface area contributed by atoms with Crippen LogP contribution in [0.4, 0.5) is 10.3 Å². The summed E-state index contributed by atoms with van der Waals surface area (Å²) in [5.74, 6) is 0.646. The molecule has 2 aromatic rings. The Kier molecular flexibility index (Phi) is 5.05. The number of ether oxygens (including phenoxy) is 1. The second kappa shape index (κ2) is 7.79. The second-order valence-corrected chi connectivity index (χ2v) is 6.58. The Morgan fingerprint density at radius 2 is 1.96 bits per heavy atom. The number of carbonyl (C=O) groups is 1. The van der Waals surface area contributed by atoms with Crippen molar-refractivity contribution >= 4 is 17.6 Å². The molecular formula is C19H20FN5O3. The molecule has 0 spiro atoms. The number of anilines is 1. The summed E-state index contributed by atoms with van der Waals surface area (Å²) in [7, 11) is 1.61. The van der Waals surface area contributed by atoms with Gasteiger partial charge in [-0.1, -0.05) is 17.3 Å². The topological polar surface area (TPSA) is 80.2 Å².